The maximum atomic E-state index is 14.6. The molecular formula is C32H46FN3. The topological polar surface area (TPSA) is 48.2 Å². The normalized spacial score (nSPS) is 13.2. The lowest BCUT2D eigenvalue weighted by Crippen LogP contribution is -2.03. The third-order valence-electron chi connectivity index (χ3n) is 6.46. The Kier molecular flexibility index (Phi) is 15.1. The van der Waals surface area contributed by atoms with Gasteiger partial charge in [-0.05, 0) is 72.7 Å². The van der Waals surface area contributed by atoms with Crippen LogP contribution in [0.15, 0.2) is 42.0 Å². The molecule has 1 aliphatic carbocycles. The first-order valence-corrected chi connectivity index (χ1v) is 13.7. The van der Waals surface area contributed by atoms with Gasteiger partial charge in [-0.25, -0.2) is 4.39 Å². The molecule has 0 aromatic heterocycles. The van der Waals surface area contributed by atoms with E-state index in [0.29, 0.717) is 12.1 Å². The maximum Gasteiger partial charge on any atom is 0.143 e. The number of unbranched alkanes of at least 4 members (excludes halogenated alkanes) is 1. The molecule has 0 atom stereocenters. The van der Waals surface area contributed by atoms with E-state index in [-0.39, 0.29) is 5.56 Å². The fourth-order valence-electron chi connectivity index (χ4n) is 4.56. The van der Waals surface area contributed by atoms with Crippen LogP contribution in [0.2, 0.25) is 0 Å². The van der Waals surface area contributed by atoms with Crippen LogP contribution in [0.25, 0.3) is 11.1 Å². The Labute approximate surface area is 219 Å². The van der Waals surface area contributed by atoms with Gasteiger partial charge >= 0.3 is 0 Å². The second-order valence-corrected chi connectivity index (χ2v) is 9.03. The molecule has 3 nitrogen and oxygen atoms in total. The summed E-state index contributed by atoms with van der Waals surface area (Å²) in [5, 5.41) is 12.3. The molecule has 0 amide bonds. The quantitative estimate of drug-likeness (QED) is 0.373. The fourth-order valence-corrected chi connectivity index (χ4v) is 4.56. The molecule has 36 heavy (non-hydrogen) atoms. The summed E-state index contributed by atoms with van der Waals surface area (Å²) in [5.41, 5.74) is 5.16. The summed E-state index contributed by atoms with van der Waals surface area (Å²) < 4.78 is 14.6. The van der Waals surface area contributed by atoms with Crippen molar-refractivity contribution in [2.75, 3.05) is 5.32 Å². The summed E-state index contributed by atoms with van der Waals surface area (Å²) in [6, 6.07) is 9.49. The number of nitrogens with one attached hydrogen (secondary N) is 1. The molecule has 0 saturated heterocycles. The van der Waals surface area contributed by atoms with Crippen molar-refractivity contribution >= 4 is 17.6 Å². The van der Waals surface area contributed by atoms with Gasteiger partial charge in [0, 0.05) is 6.21 Å². The number of nitrogens with zero attached hydrogens (tertiary/aromatic N) is 2. The van der Waals surface area contributed by atoms with Crippen molar-refractivity contribution in [3.8, 4) is 17.2 Å². The molecule has 0 unspecified atom stereocenters. The Morgan fingerprint density at radius 2 is 1.86 bits per heavy atom. The van der Waals surface area contributed by atoms with Gasteiger partial charge in [0.05, 0.1) is 11.4 Å². The lowest BCUT2D eigenvalue weighted by molar-refractivity contribution is 0.385. The number of rotatable bonds is 8. The number of hydrogen-bond acceptors (Lipinski definition) is 3. The Balaban J connectivity index is 0.000000609. The number of hydrogen-bond donors (Lipinski definition) is 1. The number of aliphatic imine (C=N–C) groups is 1. The van der Waals surface area contributed by atoms with Crippen LogP contribution in [-0.2, 0) is 12.8 Å². The molecule has 0 spiro atoms. The third-order valence-corrected chi connectivity index (χ3v) is 6.46. The number of aryl methyl sites for hydroxylation is 1. The summed E-state index contributed by atoms with van der Waals surface area (Å²) >= 11 is 0. The number of nitriles is 1. The molecule has 0 heterocycles. The lowest BCUT2D eigenvalue weighted by Gasteiger charge is -2.17. The maximum absolute atomic E-state index is 14.6. The molecule has 0 aliphatic heterocycles. The first-order valence-electron chi connectivity index (χ1n) is 13.7. The molecule has 2 aromatic carbocycles. The van der Waals surface area contributed by atoms with Crippen LogP contribution >= 0.6 is 0 Å². The largest absolute Gasteiger partial charge is 0.361 e. The van der Waals surface area contributed by atoms with Gasteiger partial charge in [0.1, 0.15) is 17.4 Å². The standard InChI is InChI=1S/C23H26FN3.C7H14.C2H6/c1-5-9-10-16-11-12-17(13-22(16)26-7-3)19-14-21(24)20(15-25)23(27-8-4)18(19)6-2;1-7-5-3-2-4-6-7;1-2/h7-8,11-14,27H,4-6,9-10H2,1-3H3;7H,2-6H2,1H3;1-2H3. The zero-order chi connectivity index (χ0) is 26.9. The van der Waals surface area contributed by atoms with E-state index in [2.05, 4.69) is 36.8 Å². The number of benzene rings is 2. The van der Waals surface area contributed by atoms with Crippen LogP contribution in [0.4, 0.5) is 15.8 Å². The van der Waals surface area contributed by atoms with Crippen LogP contribution in [0.1, 0.15) is 103 Å². The van der Waals surface area contributed by atoms with E-state index in [9.17, 15) is 9.65 Å². The second-order valence-electron chi connectivity index (χ2n) is 9.03. The molecule has 1 aliphatic rings. The van der Waals surface area contributed by atoms with Gasteiger partial charge in [-0.2, -0.15) is 5.26 Å². The Hall–Kier alpha value is -2.93. The van der Waals surface area contributed by atoms with Crippen LogP contribution in [0.5, 0.6) is 0 Å². The van der Waals surface area contributed by atoms with Gasteiger partial charge in [0.2, 0.25) is 0 Å². The fraction of sp³-hybridized carbons (Fsp3) is 0.500. The molecule has 0 radical (unpaired) electrons. The van der Waals surface area contributed by atoms with Crippen molar-refractivity contribution in [1.29, 1.82) is 5.26 Å². The van der Waals surface area contributed by atoms with Crippen LogP contribution < -0.4 is 5.32 Å². The van der Waals surface area contributed by atoms with E-state index in [1.807, 2.05) is 45.9 Å². The predicted octanol–water partition coefficient (Wildman–Crippen LogP) is 10.2. The van der Waals surface area contributed by atoms with Crippen molar-refractivity contribution in [3.05, 3.63) is 59.6 Å². The van der Waals surface area contributed by atoms with E-state index >= 15 is 0 Å². The van der Waals surface area contributed by atoms with Crippen molar-refractivity contribution in [1.82, 2.24) is 0 Å². The van der Waals surface area contributed by atoms with Crippen molar-refractivity contribution in [2.24, 2.45) is 10.9 Å². The Morgan fingerprint density at radius 1 is 1.17 bits per heavy atom. The first-order chi connectivity index (χ1) is 17.5. The zero-order valence-electron chi connectivity index (χ0n) is 23.4. The number of halogens is 1. The molecular weight excluding hydrogens is 445 g/mol. The highest BCUT2D eigenvalue weighted by molar-refractivity contribution is 5.80. The Morgan fingerprint density at radius 3 is 2.36 bits per heavy atom. The van der Waals surface area contributed by atoms with E-state index in [4.69, 9.17) is 0 Å². The van der Waals surface area contributed by atoms with Crippen LogP contribution in [0.3, 0.4) is 0 Å². The zero-order valence-corrected chi connectivity index (χ0v) is 23.4. The van der Waals surface area contributed by atoms with E-state index in [1.165, 1.54) is 49.9 Å². The van der Waals surface area contributed by atoms with Gasteiger partial charge in [-0.15, -0.1) is 0 Å². The molecule has 1 N–H and O–H groups in total. The van der Waals surface area contributed by atoms with Crippen LogP contribution in [0, 0.1) is 23.1 Å². The summed E-state index contributed by atoms with van der Waals surface area (Å²) in [4.78, 5) is 4.51. The predicted molar refractivity (Wildman–Crippen MR) is 156 cm³/mol. The SMILES string of the molecule is C=CNc1c(C#N)c(F)cc(-c2ccc(CCCC)c(N=CC)c2)c1CC.CC.CC1CCCCC1. The van der Waals surface area contributed by atoms with Crippen molar-refractivity contribution in [2.45, 2.75) is 99.3 Å². The van der Waals surface area contributed by atoms with Crippen molar-refractivity contribution in [3.63, 3.8) is 0 Å². The summed E-state index contributed by atoms with van der Waals surface area (Å²) in [7, 11) is 0. The molecule has 4 heteroatoms. The molecule has 196 valence electrons. The van der Waals surface area contributed by atoms with E-state index in [1.54, 1.807) is 6.21 Å². The van der Waals surface area contributed by atoms with E-state index in [0.717, 1.165) is 47.6 Å². The minimum absolute atomic E-state index is 0.0156. The average molecular weight is 492 g/mol. The van der Waals surface area contributed by atoms with Gasteiger partial charge in [0.15, 0.2) is 0 Å². The molecule has 1 saturated carbocycles. The molecule has 0 bridgehead atoms. The third kappa shape index (κ3) is 8.94. The second kappa shape index (κ2) is 17.5. The smallest absolute Gasteiger partial charge is 0.143 e. The van der Waals surface area contributed by atoms with Crippen LogP contribution in [-0.4, -0.2) is 6.21 Å². The molecule has 2 aromatic rings. The summed E-state index contributed by atoms with van der Waals surface area (Å²) in [6.07, 6.45) is 14.5. The van der Waals surface area contributed by atoms with E-state index < -0.39 is 5.82 Å². The highest BCUT2D eigenvalue weighted by Crippen LogP contribution is 2.37. The average Bonchev–Trinajstić information content (AvgIpc) is 2.90. The van der Waals surface area contributed by atoms with Crippen molar-refractivity contribution < 1.29 is 4.39 Å². The minimum atomic E-state index is -0.537. The highest BCUT2D eigenvalue weighted by Gasteiger charge is 2.18. The summed E-state index contributed by atoms with van der Waals surface area (Å²) in [5.74, 6) is 0.499. The summed E-state index contributed by atoms with van der Waals surface area (Å²) in [6.45, 7) is 16.1. The molecule has 3 rings (SSSR count). The van der Waals surface area contributed by atoms with Gasteiger partial charge in [-0.3, -0.25) is 4.99 Å². The van der Waals surface area contributed by atoms with Gasteiger partial charge < -0.3 is 5.32 Å². The molecule has 1 fully saturated rings. The minimum Gasteiger partial charge on any atom is -0.361 e. The van der Waals surface area contributed by atoms with Gasteiger partial charge in [-0.1, -0.05) is 91.9 Å². The first kappa shape index (κ1) is 31.1. The Bertz CT molecular complexity index is 1010. The monoisotopic (exact) mass is 491 g/mol. The highest BCUT2D eigenvalue weighted by atomic mass is 19.1. The number of anilines is 1. The lowest BCUT2D eigenvalue weighted by atomic mass is 9.91. The van der Waals surface area contributed by atoms with Gasteiger partial charge in [0.25, 0.3) is 0 Å².